The molecule has 0 amide bonds. The molecule has 2 aliphatic carbocycles. The smallest absolute Gasteiger partial charge is 0.127 e. The molecular weight excluding hydrogens is 291 g/mol. The Morgan fingerprint density at radius 3 is 2.90 bits per heavy atom. The van der Waals surface area contributed by atoms with Crippen molar-refractivity contribution in [3.8, 4) is 5.75 Å². The minimum Gasteiger partial charge on any atom is -0.493 e. The first-order valence-corrected chi connectivity index (χ1v) is 8.61. The number of alkyl halides is 1. The molecule has 2 bridgehead atoms. The molecule has 4 unspecified atom stereocenters. The largest absolute Gasteiger partial charge is 0.493 e. The van der Waals surface area contributed by atoms with Gasteiger partial charge in [0.25, 0.3) is 0 Å². The third-order valence-corrected chi connectivity index (χ3v) is 6.14. The zero-order valence-corrected chi connectivity index (χ0v) is 13.1. The molecule has 1 heterocycles. The van der Waals surface area contributed by atoms with Crippen molar-refractivity contribution in [2.75, 3.05) is 6.61 Å². The predicted octanol–water partition coefficient (Wildman–Crippen LogP) is 5.38. The average molecular weight is 311 g/mol. The minimum atomic E-state index is 0.0462. The van der Waals surface area contributed by atoms with Crippen molar-refractivity contribution in [2.24, 2.45) is 17.8 Å². The lowest BCUT2D eigenvalue weighted by Crippen LogP contribution is -2.12. The van der Waals surface area contributed by atoms with E-state index in [1.165, 1.54) is 31.2 Å². The topological polar surface area (TPSA) is 9.23 Å². The van der Waals surface area contributed by atoms with Crippen LogP contribution in [0.15, 0.2) is 12.1 Å². The summed E-state index contributed by atoms with van der Waals surface area (Å²) in [5.74, 6) is 3.73. The van der Waals surface area contributed by atoms with Crippen molar-refractivity contribution in [1.82, 2.24) is 0 Å². The van der Waals surface area contributed by atoms with E-state index in [4.69, 9.17) is 27.9 Å². The summed E-state index contributed by atoms with van der Waals surface area (Å²) in [6.45, 7) is 0.764. The van der Waals surface area contributed by atoms with Crippen molar-refractivity contribution in [2.45, 2.75) is 43.9 Å². The fourth-order valence-corrected chi connectivity index (χ4v) is 5.23. The van der Waals surface area contributed by atoms with Gasteiger partial charge in [-0.05, 0) is 61.1 Å². The van der Waals surface area contributed by atoms with Crippen LogP contribution in [-0.4, -0.2) is 6.61 Å². The maximum atomic E-state index is 6.74. The summed E-state index contributed by atoms with van der Waals surface area (Å²) in [6, 6.07) is 4.03. The molecule has 1 aromatic rings. The van der Waals surface area contributed by atoms with Crippen LogP contribution in [0.1, 0.15) is 48.6 Å². The molecule has 0 N–H and O–H groups in total. The van der Waals surface area contributed by atoms with Crippen molar-refractivity contribution >= 4 is 23.2 Å². The summed E-state index contributed by atoms with van der Waals surface area (Å²) >= 11 is 13.0. The SMILES string of the molecule is Clc1cc2c(c(C(Cl)CC3CC4CCC3C4)c1)OCC2. The number of hydrogen-bond donors (Lipinski definition) is 0. The van der Waals surface area contributed by atoms with Gasteiger partial charge in [-0.2, -0.15) is 0 Å². The van der Waals surface area contributed by atoms with E-state index in [1.54, 1.807) is 0 Å². The Kier molecular flexibility index (Phi) is 3.39. The van der Waals surface area contributed by atoms with E-state index >= 15 is 0 Å². The van der Waals surface area contributed by atoms with Gasteiger partial charge < -0.3 is 4.74 Å². The average Bonchev–Trinajstić information content (AvgIpc) is 3.12. The molecule has 4 rings (SSSR count). The molecule has 2 saturated carbocycles. The fraction of sp³-hybridized carbons (Fsp3) is 0.647. The molecule has 108 valence electrons. The van der Waals surface area contributed by atoms with Crippen molar-refractivity contribution in [3.05, 3.63) is 28.3 Å². The lowest BCUT2D eigenvalue weighted by atomic mass is 9.84. The van der Waals surface area contributed by atoms with Gasteiger partial charge >= 0.3 is 0 Å². The summed E-state index contributed by atoms with van der Waals surface area (Å²) in [7, 11) is 0. The van der Waals surface area contributed by atoms with Gasteiger partial charge in [0, 0.05) is 17.0 Å². The molecular formula is C17H20Cl2O. The molecule has 20 heavy (non-hydrogen) atoms. The molecule has 1 aliphatic heterocycles. The van der Waals surface area contributed by atoms with Gasteiger partial charge in [-0.3, -0.25) is 0 Å². The molecule has 1 aromatic carbocycles. The molecule has 1 nitrogen and oxygen atoms in total. The lowest BCUT2D eigenvalue weighted by molar-refractivity contribution is 0.308. The number of ether oxygens (including phenoxy) is 1. The number of hydrogen-bond acceptors (Lipinski definition) is 1. The van der Waals surface area contributed by atoms with Gasteiger partial charge in [0.1, 0.15) is 5.75 Å². The lowest BCUT2D eigenvalue weighted by Gasteiger charge is -2.24. The second-order valence-corrected chi connectivity index (χ2v) is 7.68. The molecule has 0 radical (unpaired) electrons. The molecule has 2 fully saturated rings. The predicted molar refractivity (Wildman–Crippen MR) is 82.8 cm³/mol. The first-order valence-electron chi connectivity index (χ1n) is 7.80. The van der Waals surface area contributed by atoms with E-state index in [9.17, 15) is 0 Å². The van der Waals surface area contributed by atoms with E-state index in [-0.39, 0.29) is 5.38 Å². The van der Waals surface area contributed by atoms with Crippen molar-refractivity contribution in [1.29, 1.82) is 0 Å². The van der Waals surface area contributed by atoms with Gasteiger partial charge in [-0.15, -0.1) is 11.6 Å². The normalized spacial score (nSPS) is 32.2. The van der Waals surface area contributed by atoms with Crippen LogP contribution in [0.25, 0.3) is 0 Å². The summed E-state index contributed by atoms with van der Waals surface area (Å²) in [5, 5.41) is 0.841. The number of rotatable bonds is 3. The highest BCUT2D eigenvalue weighted by atomic mass is 35.5. The fourth-order valence-electron chi connectivity index (χ4n) is 4.59. The highest BCUT2D eigenvalue weighted by molar-refractivity contribution is 6.31. The Morgan fingerprint density at radius 2 is 2.15 bits per heavy atom. The van der Waals surface area contributed by atoms with Gasteiger partial charge in [0.2, 0.25) is 0 Å². The highest BCUT2D eigenvalue weighted by Gasteiger charge is 2.40. The Bertz CT molecular complexity index is 528. The van der Waals surface area contributed by atoms with E-state index in [0.29, 0.717) is 0 Å². The Balaban J connectivity index is 1.55. The zero-order valence-electron chi connectivity index (χ0n) is 11.6. The number of benzene rings is 1. The summed E-state index contributed by atoms with van der Waals surface area (Å²) in [4.78, 5) is 0. The van der Waals surface area contributed by atoms with Crippen LogP contribution in [-0.2, 0) is 6.42 Å². The van der Waals surface area contributed by atoms with Gasteiger partial charge in [0.05, 0.1) is 12.0 Å². The number of fused-ring (bicyclic) bond motifs is 3. The Hall–Kier alpha value is -0.400. The van der Waals surface area contributed by atoms with E-state index in [0.717, 1.165) is 53.5 Å². The van der Waals surface area contributed by atoms with Crippen LogP contribution in [0, 0.1) is 17.8 Å². The summed E-state index contributed by atoms with van der Waals surface area (Å²) in [5.41, 5.74) is 2.35. The van der Waals surface area contributed by atoms with Gasteiger partial charge in [0.15, 0.2) is 0 Å². The maximum absolute atomic E-state index is 6.74. The third kappa shape index (κ3) is 2.23. The van der Waals surface area contributed by atoms with Crippen LogP contribution in [0.3, 0.4) is 0 Å². The molecule has 4 atom stereocenters. The second-order valence-electron chi connectivity index (χ2n) is 6.72. The van der Waals surface area contributed by atoms with Crippen LogP contribution >= 0.6 is 23.2 Å². The molecule has 0 saturated heterocycles. The Labute approximate surface area is 130 Å². The molecule has 3 heteroatoms. The molecule has 3 aliphatic rings. The van der Waals surface area contributed by atoms with Crippen LogP contribution in [0.2, 0.25) is 5.02 Å². The molecule has 0 spiro atoms. The van der Waals surface area contributed by atoms with Crippen molar-refractivity contribution in [3.63, 3.8) is 0 Å². The minimum absolute atomic E-state index is 0.0462. The van der Waals surface area contributed by atoms with Gasteiger partial charge in [-0.1, -0.05) is 18.0 Å². The first kappa shape index (κ1) is 13.3. The maximum Gasteiger partial charge on any atom is 0.127 e. The summed E-state index contributed by atoms with van der Waals surface area (Å²) in [6.07, 6.45) is 7.74. The third-order valence-electron chi connectivity index (χ3n) is 5.51. The second kappa shape index (κ2) is 5.10. The van der Waals surface area contributed by atoms with Crippen LogP contribution in [0.4, 0.5) is 0 Å². The Morgan fingerprint density at radius 1 is 1.25 bits per heavy atom. The van der Waals surface area contributed by atoms with Gasteiger partial charge in [-0.25, -0.2) is 0 Å². The number of halogens is 2. The monoisotopic (exact) mass is 310 g/mol. The van der Waals surface area contributed by atoms with E-state index in [1.807, 2.05) is 12.1 Å². The zero-order chi connectivity index (χ0) is 13.7. The van der Waals surface area contributed by atoms with E-state index < -0.39 is 0 Å². The standard InChI is InChI=1S/C17H20Cl2O/c18-14-7-12-3-4-20-17(12)15(9-14)16(19)8-13-6-10-1-2-11(13)5-10/h7,9-11,13,16H,1-6,8H2. The molecule has 0 aromatic heterocycles. The quantitative estimate of drug-likeness (QED) is 0.681. The van der Waals surface area contributed by atoms with E-state index in [2.05, 4.69) is 0 Å². The first-order chi connectivity index (χ1) is 9.70. The van der Waals surface area contributed by atoms with Crippen molar-refractivity contribution < 1.29 is 4.74 Å². The highest BCUT2D eigenvalue weighted by Crippen LogP contribution is 2.52. The summed E-state index contributed by atoms with van der Waals surface area (Å²) < 4.78 is 5.79. The van der Waals surface area contributed by atoms with Crippen LogP contribution < -0.4 is 4.74 Å². The van der Waals surface area contributed by atoms with Crippen LogP contribution in [0.5, 0.6) is 5.75 Å².